The van der Waals surface area contributed by atoms with E-state index in [-0.39, 0.29) is 11.9 Å². The SMILES string of the molecule is CNC(=O)CCc1ccccc1NC(=O)N1CCN(c2ccc(C)cc2)CC1. The molecule has 6 nitrogen and oxygen atoms in total. The molecule has 0 spiro atoms. The highest BCUT2D eigenvalue weighted by Crippen LogP contribution is 2.20. The lowest BCUT2D eigenvalue weighted by Gasteiger charge is -2.36. The van der Waals surface area contributed by atoms with Gasteiger partial charge in [0.15, 0.2) is 0 Å². The predicted molar refractivity (Wildman–Crippen MR) is 113 cm³/mol. The van der Waals surface area contributed by atoms with Gasteiger partial charge in [-0.1, -0.05) is 35.9 Å². The van der Waals surface area contributed by atoms with E-state index in [9.17, 15) is 9.59 Å². The highest BCUT2D eigenvalue weighted by Gasteiger charge is 2.22. The number of urea groups is 1. The second-order valence-corrected chi connectivity index (χ2v) is 7.07. The molecule has 0 atom stereocenters. The number of para-hydroxylation sites is 1. The number of nitrogens with zero attached hydrogens (tertiary/aromatic N) is 2. The van der Waals surface area contributed by atoms with Crippen LogP contribution < -0.4 is 15.5 Å². The van der Waals surface area contributed by atoms with Gasteiger partial charge in [0.1, 0.15) is 0 Å². The molecule has 1 aliphatic rings. The van der Waals surface area contributed by atoms with Crippen LogP contribution in [0.1, 0.15) is 17.5 Å². The van der Waals surface area contributed by atoms with Crippen LogP contribution in [0, 0.1) is 6.92 Å². The third-order valence-corrected chi connectivity index (χ3v) is 5.13. The predicted octanol–water partition coefficient (Wildman–Crippen LogP) is 3.03. The molecule has 0 aromatic heterocycles. The average molecular weight is 380 g/mol. The van der Waals surface area contributed by atoms with Crippen molar-refractivity contribution in [1.29, 1.82) is 0 Å². The summed E-state index contributed by atoms with van der Waals surface area (Å²) in [6.45, 7) is 5.07. The fraction of sp³-hybridized carbons (Fsp3) is 0.364. The summed E-state index contributed by atoms with van der Waals surface area (Å²) in [5, 5.41) is 5.65. The van der Waals surface area contributed by atoms with E-state index in [1.54, 1.807) is 7.05 Å². The third kappa shape index (κ3) is 5.03. The van der Waals surface area contributed by atoms with Gasteiger partial charge in [-0.2, -0.15) is 0 Å². The van der Waals surface area contributed by atoms with E-state index in [0.29, 0.717) is 25.9 Å². The van der Waals surface area contributed by atoms with Crippen LogP contribution >= 0.6 is 0 Å². The fourth-order valence-corrected chi connectivity index (χ4v) is 3.35. The molecule has 3 amide bonds. The van der Waals surface area contributed by atoms with Crippen LogP contribution in [0.3, 0.4) is 0 Å². The minimum absolute atomic E-state index is 0.00615. The van der Waals surface area contributed by atoms with Crippen LogP contribution in [0.15, 0.2) is 48.5 Å². The topological polar surface area (TPSA) is 64.7 Å². The highest BCUT2D eigenvalue weighted by atomic mass is 16.2. The third-order valence-electron chi connectivity index (χ3n) is 5.13. The largest absolute Gasteiger partial charge is 0.368 e. The van der Waals surface area contributed by atoms with Gasteiger partial charge in [0.25, 0.3) is 0 Å². The van der Waals surface area contributed by atoms with Crippen molar-refractivity contribution in [3.63, 3.8) is 0 Å². The number of benzene rings is 2. The molecule has 0 bridgehead atoms. The van der Waals surface area contributed by atoms with E-state index in [0.717, 1.165) is 24.3 Å². The summed E-state index contributed by atoms with van der Waals surface area (Å²) in [5.74, 6) is -0.00615. The number of carbonyl (C=O) groups excluding carboxylic acids is 2. The number of carbonyl (C=O) groups is 2. The summed E-state index contributed by atoms with van der Waals surface area (Å²) < 4.78 is 0. The Morgan fingerprint density at radius 3 is 2.32 bits per heavy atom. The number of amides is 3. The van der Waals surface area contributed by atoms with Crippen LogP contribution in [0.2, 0.25) is 0 Å². The fourth-order valence-electron chi connectivity index (χ4n) is 3.35. The zero-order valence-electron chi connectivity index (χ0n) is 16.6. The molecule has 1 heterocycles. The molecular weight excluding hydrogens is 352 g/mol. The minimum atomic E-state index is -0.0871. The van der Waals surface area contributed by atoms with Crippen molar-refractivity contribution >= 4 is 23.3 Å². The lowest BCUT2D eigenvalue weighted by molar-refractivity contribution is -0.120. The van der Waals surface area contributed by atoms with Gasteiger partial charge in [-0.25, -0.2) is 4.79 Å². The van der Waals surface area contributed by atoms with Crippen molar-refractivity contribution in [2.75, 3.05) is 43.4 Å². The van der Waals surface area contributed by atoms with Crippen LogP contribution in [0.4, 0.5) is 16.2 Å². The van der Waals surface area contributed by atoms with Crippen LogP contribution in [-0.4, -0.2) is 50.1 Å². The summed E-state index contributed by atoms with van der Waals surface area (Å²) in [5.41, 5.74) is 4.19. The summed E-state index contributed by atoms with van der Waals surface area (Å²) >= 11 is 0. The van der Waals surface area contributed by atoms with E-state index in [1.165, 1.54) is 11.3 Å². The second-order valence-electron chi connectivity index (χ2n) is 7.07. The van der Waals surface area contributed by atoms with Crippen LogP contribution in [0.5, 0.6) is 0 Å². The Balaban J connectivity index is 1.56. The van der Waals surface area contributed by atoms with E-state index in [1.807, 2.05) is 29.2 Å². The zero-order chi connectivity index (χ0) is 19.9. The van der Waals surface area contributed by atoms with Gasteiger partial charge in [0.2, 0.25) is 5.91 Å². The highest BCUT2D eigenvalue weighted by molar-refractivity contribution is 5.90. The molecule has 2 aromatic carbocycles. The van der Waals surface area contributed by atoms with Gasteiger partial charge < -0.3 is 20.4 Å². The molecule has 6 heteroatoms. The number of piperazine rings is 1. The van der Waals surface area contributed by atoms with Crippen molar-refractivity contribution in [1.82, 2.24) is 10.2 Å². The molecule has 1 fully saturated rings. The molecule has 0 saturated carbocycles. The van der Waals surface area contributed by atoms with Crippen LogP contribution in [0.25, 0.3) is 0 Å². The molecular formula is C22H28N4O2. The maximum atomic E-state index is 12.7. The van der Waals surface area contributed by atoms with Crippen molar-refractivity contribution in [3.8, 4) is 0 Å². The molecule has 148 valence electrons. The molecule has 0 unspecified atom stereocenters. The standard InChI is InChI=1S/C22H28N4O2/c1-17-7-10-19(11-8-17)25-13-15-26(16-14-25)22(28)24-20-6-4-3-5-18(20)9-12-21(27)23-2/h3-8,10-11H,9,12-16H2,1-2H3,(H,23,27)(H,24,28). The van der Waals surface area contributed by atoms with Gasteiger partial charge in [-0.3, -0.25) is 4.79 Å². The van der Waals surface area contributed by atoms with Gasteiger partial charge in [-0.15, -0.1) is 0 Å². The van der Waals surface area contributed by atoms with Gasteiger partial charge in [0.05, 0.1) is 0 Å². The molecule has 28 heavy (non-hydrogen) atoms. The molecule has 2 N–H and O–H groups in total. The maximum Gasteiger partial charge on any atom is 0.321 e. The summed E-state index contributed by atoms with van der Waals surface area (Å²) in [6, 6.07) is 16.1. The smallest absolute Gasteiger partial charge is 0.321 e. The van der Waals surface area contributed by atoms with E-state index < -0.39 is 0 Å². The van der Waals surface area contributed by atoms with E-state index >= 15 is 0 Å². The first-order chi connectivity index (χ1) is 13.6. The zero-order valence-corrected chi connectivity index (χ0v) is 16.6. The Morgan fingerprint density at radius 1 is 0.964 bits per heavy atom. The number of nitrogens with one attached hydrogen (secondary N) is 2. The van der Waals surface area contributed by atoms with Gasteiger partial charge in [0, 0.05) is 51.0 Å². The van der Waals surface area contributed by atoms with Crippen LogP contribution in [-0.2, 0) is 11.2 Å². The summed E-state index contributed by atoms with van der Waals surface area (Å²) in [6.07, 6.45) is 0.996. The number of rotatable bonds is 5. The Hall–Kier alpha value is -3.02. The quantitative estimate of drug-likeness (QED) is 0.838. The molecule has 0 aliphatic carbocycles. The van der Waals surface area contributed by atoms with Gasteiger partial charge in [-0.05, 0) is 37.1 Å². The Kier molecular flexibility index (Phi) is 6.53. The van der Waals surface area contributed by atoms with E-state index in [4.69, 9.17) is 0 Å². The average Bonchev–Trinajstić information content (AvgIpc) is 2.73. The molecule has 1 aliphatic heterocycles. The number of anilines is 2. The number of hydrogen-bond donors (Lipinski definition) is 2. The monoisotopic (exact) mass is 380 g/mol. The Bertz CT molecular complexity index is 812. The van der Waals surface area contributed by atoms with Crippen molar-refractivity contribution in [2.45, 2.75) is 19.8 Å². The first-order valence-corrected chi connectivity index (χ1v) is 9.73. The number of hydrogen-bond acceptors (Lipinski definition) is 3. The van der Waals surface area contributed by atoms with Gasteiger partial charge >= 0.3 is 6.03 Å². The minimum Gasteiger partial charge on any atom is -0.368 e. The Labute approximate surface area is 166 Å². The van der Waals surface area contributed by atoms with Crippen molar-refractivity contribution in [3.05, 3.63) is 59.7 Å². The number of aryl methyl sites for hydroxylation is 2. The molecule has 1 saturated heterocycles. The molecule has 3 rings (SSSR count). The van der Waals surface area contributed by atoms with Crippen molar-refractivity contribution < 1.29 is 9.59 Å². The Morgan fingerprint density at radius 2 is 1.64 bits per heavy atom. The van der Waals surface area contributed by atoms with E-state index in [2.05, 4.69) is 46.7 Å². The summed E-state index contributed by atoms with van der Waals surface area (Å²) in [7, 11) is 1.63. The normalized spacial score (nSPS) is 13.9. The molecule has 0 radical (unpaired) electrons. The second kappa shape index (κ2) is 9.26. The maximum absolute atomic E-state index is 12.7. The first-order valence-electron chi connectivity index (χ1n) is 9.73. The first kappa shape index (κ1) is 19.7. The lowest BCUT2D eigenvalue weighted by Crippen LogP contribution is -2.50. The van der Waals surface area contributed by atoms with Crippen molar-refractivity contribution in [2.24, 2.45) is 0 Å². The lowest BCUT2D eigenvalue weighted by atomic mass is 10.1. The molecule has 2 aromatic rings. The summed E-state index contributed by atoms with van der Waals surface area (Å²) in [4.78, 5) is 28.4.